The Bertz CT molecular complexity index is 520. The molecule has 0 saturated carbocycles. The van der Waals surface area contributed by atoms with Crippen molar-refractivity contribution in [2.45, 2.75) is 12.5 Å². The van der Waals surface area contributed by atoms with E-state index in [1.54, 1.807) is 0 Å². The Hall–Kier alpha value is -1.82. The average Bonchev–Trinajstić information content (AvgIpc) is 2.43. The van der Waals surface area contributed by atoms with Crippen LogP contribution in [0.5, 0.6) is 0 Å². The molecule has 0 saturated heterocycles. The number of methoxy groups -OCH3 is 1. The van der Waals surface area contributed by atoms with Crippen LogP contribution in [-0.2, 0) is 9.53 Å². The van der Waals surface area contributed by atoms with Gasteiger partial charge in [-0.15, -0.1) is 0 Å². The summed E-state index contributed by atoms with van der Waals surface area (Å²) in [5, 5.41) is 6.48. The van der Waals surface area contributed by atoms with Crippen LogP contribution < -0.4 is 5.32 Å². The second-order valence-corrected chi connectivity index (χ2v) is 4.32. The van der Waals surface area contributed by atoms with Crippen molar-refractivity contribution in [2.24, 2.45) is 5.11 Å². The van der Waals surface area contributed by atoms with Gasteiger partial charge < -0.3 is 10.1 Å². The molecule has 1 aromatic rings. The summed E-state index contributed by atoms with van der Waals surface area (Å²) in [4.78, 5) is 14.3. The highest BCUT2D eigenvalue weighted by Crippen LogP contribution is 2.21. The zero-order valence-corrected chi connectivity index (χ0v) is 11.6. The molecule has 0 heterocycles. The van der Waals surface area contributed by atoms with Crippen molar-refractivity contribution in [3.8, 4) is 0 Å². The van der Waals surface area contributed by atoms with Crippen LogP contribution in [0.2, 0.25) is 5.02 Å². The van der Waals surface area contributed by atoms with Gasteiger partial charge in [-0.3, -0.25) is 0 Å². The van der Waals surface area contributed by atoms with Gasteiger partial charge in [0.25, 0.3) is 0 Å². The molecule has 0 radical (unpaired) electrons. The Morgan fingerprint density at radius 2 is 2.40 bits per heavy atom. The third-order valence-electron chi connectivity index (χ3n) is 2.56. The standard InChI is InChI=1S/C12H14ClFN4O2/c1-20-12(19)11(16-5-2-6-17-18-15)9-4-3-8(13)7-10(9)14/h3-4,7,11,16H,2,5-6H2,1H3. The van der Waals surface area contributed by atoms with E-state index < -0.39 is 17.8 Å². The number of nitrogens with one attached hydrogen (secondary N) is 1. The summed E-state index contributed by atoms with van der Waals surface area (Å²) in [6.07, 6.45) is 0.521. The number of carbonyl (C=O) groups is 1. The fourth-order valence-corrected chi connectivity index (χ4v) is 1.77. The number of benzene rings is 1. The fraction of sp³-hybridized carbons (Fsp3) is 0.417. The Labute approximate surface area is 120 Å². The van der Waals surface area contributed by atoms with E-state index in [2.05, 4.69) is 20.1 Å². The number of hydrogen-bond donors (Lipinski definition) is 1. The third kappa shape index (κ3) is 4.70. The van der Waals surface area contributed by atoms with Gasteiger partial charge in [0.2, 0.25) is 0 Å². The fourth-order valence-electron chi connectivity index (χ4n) is 1.61. The molecule has 1 N–H and O–H groups in total. The summed E-state index contributed by atoms with van der Waals surface area (Å²) >= 11 is 5.67. The molecule has 6 nitrogen and oxygen atoms in total. The lowest BCUT2D eigenvalue weighted by molar-refractivity contribution is -0.143. The molecule has 0 amide bonds. The molecule has 0 aliphatic heterocycles. The van der Waals surface area contributed by atoms with Crippen molar-refractivity contribution >= 4 is 17.6 Å². The lowest BCUT2D eigenvalue weighted by atomic mass is 10.1. The largest absolute Gasteiger partial charge is 0.468 e. The van der Waals surface area contributed by atoms with Crippen molar-refractivity contribution in [3.05, 3.63) is 45.0 Å². The number of esters is 1. The number of hydrogen-bond acceptors (Lipinski definition) is 4. The van der Waals surface area contributed by atoms with Crippen LogP contribution in [0.1, 0.15) is 18.0 Å². The normalized spacial score (nSPS) is 11.6. The molecule has 1 aromatic carbocycles. The van der Waals surface area contributed by atoms with Crippen LogP contribution in [0.25, 0.3) is 10.4 Å². The Morgan fingerprint density at radius 1 is 1.65 bits per heavy atom. The number of ether oxygens (including phenoxy) is 1. The zero-order chi connectivity index (χ0) is 15.0. The van der Waals surface area contributed by atoms with E-state index in [4.69, 9.17) is 17.1 Å². The van der Waals surface area contributed by atoms with Crippen LogP contribution in [0.3, 0.4) is 0 Å². The van der Waals surface area contributed by atoms with Gasteiger partial charge >= 0.3 is 5.97 Å². The summed E-state index contributed by atoms with van der Waals surface area (Å²) in [6, 6.07) is 3.13. The summed E-state index contributed by atoms with van der Waals surface area (Å²) in [5.74, 6) is -1.19. The molecule has 0 bridgehead atoms. The lowest BCUT2D eigenvalue weighted by Crippen LogP contribution is -2.31. The third-order valence-corrected chi connectivity index (χ3v) is 2.79. The highest BCUT2D eigenvalue weighted by Gasteiger charge is 2.23. The highest BCUT2D eigenvalue weighted by molar-refractivity contribution is 6.30. The first kappa shape index (κ1) is 16.2. The summed E-state index contributed by atoms with van der Waals surface area (Å²) in [5.41, 5.74) is 8.30. The van der Waals surface area contributed by atoms with Gasteiger partial charge in [0.15, 0.2) is 0 Å². The molecule has 1 atom stereocenters. The number of azide groups is 1. The molecule has 20 heavy (non-hydrogen) atoms. The summed E-state index contributed by atoms with van der Waals surface area (Å²) in [7, 11) is 1.23. The first-order valence-corrected chi connectivity index (χ1v) is 6.25. The average molecular weight is 301 g/mol. The Balaban J connectivity index is 2.78. The van der Waals surface area contributed by atoms with E-state index in [1.807, 2.05) is 0 Å². The van der Waals surface area contributed by atoms with Gasteiger partial charge in [-0.25, -0.2) is 9.18 Å². The molecule has 0 aliphatic carbocycles. The molecule has 8 heteroatoms. The smallest absolute Gasteiger partial charge is 0.327 e. The van der Waals surface area contributed by atoms with E-state index >= 15 is 0 Å². The van der Waals surface area contributed by atoms with E-state index in [0.29, 0.717) is 19.5 Å². The summed E-state index contributed by atoms with van der Waals surface area (Å²) < 4.78 is 18.5. The SMILES string of the molecule is COC(=O)C(NCCCN=[N+]=[N-])c1ccc(Cl)cc1F. The quantitative estimate of drug-likeness (QED) is 0.276. The maximum Gasteiger partial charge on any atom is 0.327 e. The van der Waals surface area contributed by atoms with Crippen LogP contribution >= 0.6 is 11.6 Å². The van der Waals surface area contributed by atoms with Crippen LogP contribution in [0.4, 0.5) is 4.39 Å². The second kappa shape index (κ2) is 8.37. The Morgan fingerprint density at radius 3 is 3.00 bits per heavy atom. The number of nitrogens with zero attached hydrogens (tertiary/aromatic N) is 3. The van der Waals surface area contributed by atoms with Crippen molar-refractivity contribution in [1.82, 2.24) is 5.32 Å². The van der Waals surface area contributed by atoms with Crippen molar-refractivity contribution in [2.75, 3.05) is 20.2 Å². The molecule has 0 spiro atoms. The monoisotopic (exact) mass is 300 g/mol. The van der Waals surface area contributed by atoms with Gasteiger partial charge in [-0.05, 0) is 30.6 Å². The molecule has 1 rings (SSSR count). The van der Waals surface area contributed by atoms with Gasteiger partial charge in [-0.1, -0.05) is 22.8 Å². The molecule has 0 aliphatic rings. The van der Waals surface area contributed by atoms with E-state index in [0.717, 1.165) is 6.07 Å². The molecule has 0 fully saturated rings. The molecular formula is C12H14ClFN4O2. The first-order chi connectivity index (χ1) is 9.60. The zero-order valence-electron chi connectivity index (χ0n) is 10.8. The maximum atomic E-state index is 13.8. The molecular weight excluding hydrogens is 287 g/mol. The second-order valence-electron chi connectivity index (χ2n) is 3.88. The van der Waals surface area contributed by atoms with Gasteiger partial charge in [0.05, 0.1) is 7.11 Å². The molecule has 1 unspecified atom stereocenters. The van der Waals surface area contributed by atoms with E-state index in [9.17, 15) is 9.18 Å². The number of halogens is 2. The van der Waals surface area contributed by atoms with E-state index in [1.165, 1.54) is 19.2 Å². The minimum Gasteiger partial charge on any atom is -0.468 e. The predicted molar refractivity (Wildman–Crippen MR) is 72.8 cm³/mol. The summed E-state index contributed by atoms with van der Waals surface area (Å²) in [6.45, 7) is 0.668. The topological polar surface area (TPSA) is 87.1 Å². The Kier molecular flexibility index (Phi) is 6.79. The highest BCUT2D eigenvalue weighted by atomic mass is 35.5. The van der Waals surface area contributed by atoms with Crippen molar-refractivity contribution in [1.29, 1.82) is 0 Å². The minimum atomic E-state index is -0.927. The predicted octanol–water partition coefficient (Wildman–Crippen LogP) is 2.98. The van der Waals surface area contributed by atoms with Crippen molar-refractivity contribution < 1.29 is 13.9 Å². The van der Waals surface area contributed by atoms with Crippen molar-refractivity contribution in [3.63, 3.8) is 0 Å². The van der Waals surface area contributed by atoms with E-state index in [-0.39, 0.29) is 10.6 Å². The van der Waals surface area contributed by atoms with Crippen LogP contribution in [0, 0.1) is 5.82 Å². The molecule has 0 aromatic heterocycles. The lowest BCUT2D eigenvalue weighted by Gasteiger charge is -2.17. The maximum absolute atomic E-state index is 13.8. The molecule has 108 valence electrons. The van der Waals surface area contributed by atoms with Gasteiger partial charge in [0, 0.05) is 22.0 Å². The van der Waals surface area contributed by atoms with Gasteiger partial charge in [0.1, 0.15) is 11.9 Å². The van der Waals surface area contributed by atoms with Crippen LogP contribution in [0.15, 0.2) is 23.3 Å². The minimum absolute atomic E-state index is 0.157. The first-order valence-electron chi connectivity index (χ1n) is 5.87. The van der Waals surface area contributed by atoms with Gasteiger partial charge in [-0.2, -0.15) is 0 Å². The van der Waals surface area contributed by atoms with Crippen LogP contribution in [-0.4, -0.2) is 26.2 Å². The number of rotatable bonds is 7. The number of carbonyl (C=O) groups excluding carboxylic acids is 1.